The van der Waals surface area contributed by atoms with Crippen molar-refractivity contribution < 1.29 is 0 Å². The highest BCUT2D eigenvalue weighted by atomic mass is 35.5. The van der Waals surface area contributed by atoms with Gasteiger partial charge in [-0.1, -0.05) is 41.4 Å². The lowest BCUT2D eigenvalue weighted by Gasteiger charge is -1.98. The second kappa shape index (κ2) is 2.96. The van der Waals surface area contributed by atoms with Gasteiger partial charge in [-0.2, -0.15) is 0 Å². The zero-order chi connectivity index (χ0) is 8.55. The van der Waals surface area contributed by atoms with E-state index < -0.39 is 0 Å². The largest absolute Gasteiger partial charge is 0.0827 e. The molecule has 0 aromatic heterocycles. The molecule has 0 amide bonds. The first-order valence-corrected chi connectivity index (χ1v) is 4.21. The van der Waals surface area contributed by atoms with Crippen molar-refractivity contribution in [3.63, 3.8) is 0 Å². The molecule has 2 rings (SSSR count). The van der Waals surface area contributed by atoms with Crippen LogP contribution in [0.25, 0.3) is 10.8 Å². The van der Waals surface area contributed by atoms with E-state index in [0.29, 0.717) is 10.0 Å². The van der Waals surface area contributed by atoms with Crippen LogP contribution in [0.4, 0.5) is 0 Å². The number of rotatable bonds is 0. The SMILES string of the molecule is Clc1[c]c2ccc[c]c2cc1Cl. The molecule has 0 heterocycles. The summed E-state index contributed by atoms with van der Waals surface area (Å²) in [6.45, 7) is 0. The number of benzene rings is 2. The van der Waals surface area contributed by atoms with Crippen LogP contribution in [0, 0.1) is 12.1 Å². The Labute approximate surface area is 80.7 Å². The second-order valence-electron chi connectivity index (χ2n) is 2.43. The molecule has 0 aliphatic heterocycles. The maximum atomic E-state index is 5.80. The molecular weight excluding hydrogens is 191 g/mol. The molecule has 2 radical (unpaired) electrons. The molecule has 0 atom stereocenters. The molecule has 0 saturated heterocycles. The smallest absolute Gasteiger partial charge is 0.0677 e. The minimum Gasteiger partial charge on any atom is -0.0827 e. The maximum absolute atomic E-state index is 5.80. The molecule has 0 bridgehead atoms. The van der Waals surface area contributed by atoms with Gasteiger partial charge in [0, 0.05) is 6.07 Å². The first kappa shape index (κ1) is 7.90. The fourth-order valence-electron chi connectivity index (χ4n) is 1.05. The summed E-state index contributed by atoms with van der Waals surface area (Å²) >= 11 is 11.6. The molecule has 2 aromatic rings. The minimum atomic E-state index is 0.462. The third kappa shape index (κ3) is 1.28. The summed E-state index contributed by atoms with van der Waals surface area (Å²) in [5.74, 6) is 0. The summed E-state index contributed by atoms with van der Waals surface area (Å²) in [7, 11) is 0. The van der Waals surface area contributed by atoms with Crippen molar-refractivity contribution in [2.45, 2.75) is 0 Å². The summed E-state index contributed by atoms with van der Waals surface area (Å²) in [5, 5.41) is 2.86. The van der Waals surface area contributed by atoms with Gasteiger partial charge in [-0.05, 0) is 22.9 Å². The van der Waals surface area contributed by atoms with Crippen molar-refractivity contribution in [1.29, 1.82) is 0 Å². The van der Waals surface area contributed by atoms with E-state index in [1.54, 1.807) is 6.07 Å². The summed E-state index contributed by atoms with van der Waals surface area (Å²) in [6, 6.07) is 13.4. The number of fused-ring (bicyclic) bond motifs is 1. The normalized spacial score (nSPS) is 10.5. The van der Waals surface area contributed by atoms with E-state index in [4.69, 9.17) is 23.2 Å². The lowest BCUT2D eigenvalue weighted by atomic mass is 10.1. The average Bonchev–Trinajstić information content (AvgIpc) is 2.07. The standard InChI is InChI=1S/C10H4Cl2/c11-9-5-7-3-1-2-4-8(7)6-10(9)12/h1-3,6H. The summed E-state index contributed by atoms with van der Waals surface area (Å²) in [5.41, 5.74) is 0. The quantitative estimate of drug-likeness (QED) is 0.600. The van der Waals surface area contributed by atoms with Gasteiger partial charge in [-0.25, -0.2) is 0 Å². The molecule has 0 saturated carbocycles. The number of halogens is 2. The van der Waals surface area contributed by atoms with Gasteiger partial charge in [0.2, 0.25) is 0 Å². The lowest BCUT2D eigenvalue weighted by molar-refractivity contribution is 1.72. The van der Waals surface area contributed by atoms with E-state index >= 15 is 0 Å². The van der Waals surface area contributed by atoms with Crippen LogP contribution in [0.15, 0.2) is 24.3 Å². The second-order valence-corrected chi connectivity index (χ2v) is 3.21. The summed E-state index contributed by atoms with van der Waals surface area (Å²) in [4.78, 5) is 0. The van der Waals surface area contributed by atoms with Crippen molar-refractivity contribution in [1.82, 2.24) is 0 Å². The predicted octanol–water partition coefficient (Wildman–Crippen LogP) is 3.75. The third-order valence-electron chi connectivity index (χ3n) is 1.61. The van der Waals surface area contributed by atoms with Gasteiger partial charge in [0.1, 0.15) is 0 Å². The third-order valence-corrected chi connectivity index (χ3v) is 2.31. The summed E-state index contributed by atoms with van der Waals surface area (Å²) in [6.07, 6.45) is 0. The molecule has 0 N–H and O–H groups in total. The van der Waals surface area contributed by atoms with E-state index in [0.717, 1.165) is 10.8 Å². The zero-order valence-corrected chi connectivity index (χ0v) is 7.58. The Morgan fingerprint density at radius 3 is 2.83 bits per heavy atom. The highest BCUT2D eigenvalue weighted by molar-refractivity contribution is 6.42. The van der Waals surface area contributed by atoms with Crippen molar-refractivity contribution in [2.24, 2.45) is 0 Å². The van der Waals surface area contributed by atoms with Crippen molar-refractivity contribution in [3.8, 4) is 0 Å². The Kier molecular flexibility index (Phi) is 1.95. The maximum Gasteiger partial charge on any atom is 0.0677 e. The monoisotopic (exact) mass is 194 g/mol. The van der Waals surface area contributed by atoms with Gasteiger partial charge in [0.05, 0.1) is 10.0 Å². The van der Waals surface area contributed by atoms with E-state index in [1.165, 1.54) is 0 Å². The zero-order valence-electron chi connectivity index (χ0n) is 6.07. The first-order valence-electron chi connectivity index (χ1n) is 3.45. The Hall–Kier alpha value is -0.720. The number of hydrogen-bond donors (Lipinski definition) is 0. The molecule has 0 unspecified atom stereocenters. The molecule has 58 valence electrons. The highest BCUT2D eigenvalue weighted by Crippen LogP contribution is 2.26. The van der Waals surface area contributed by atoms with Crippen molar-refractivity contribution in [2.75, 3.05) is 0 Å². The van der Waals surface area contributed by atoms with Crippen LogP contribution in [-0.4, -0.2) is 0 Å². The molecule has 2 heteroatoms. The van der Waals surface area contributed by atoms with Gasteiger partial charge >= 0.3 is 0 Å². The molecule has 0 nitrogen and oxygen atoms in total. The van der Waals surface area contributed by atoms with Crippen LogP contribution in [0.3, 0.4) is 0 Å². The van der Waals surface area contributed by atoms with Crippen LogP contribution in [0.2, 0.25) is 10.0 Å². The van der Waals surface area contributed by atoms with E-state index in [9.17, 15) is 0 Å². The molecule has 0 spiro atoms. The Morgan fingerprint density at radius 1 is 1.17 bits per heavy atom. The van der Waals surface area contributed by atoms with Gasteiger partial charge in [-0.3, -0.25) is 0 Å². The molecule has 0 fully saturated rings. The Balaban J connectivity index is 2.84. The van der Waals surface area contributed by atoms with Crippen LogP contribution >= 0.6 is 23.2 Å². The van der Waals surface area contributed by atoms with Gasteiger partial charge < -0.3 is 0 Å². The first-order chi connectivity index (χ1) is 5.77. The molecule has 2 aromatic carbocycles. The van der Waals surface area contributed by atoms with E-state index in [1.807, 2.05) is 18.2 Å². The lowest BCUT2D eigenvalue weighted by Crippen LogP contribution is -1.74. The topological polar surface area (TPSA) is 0 Å². The molecule has 0 aliphatic carbocycles. The van der Waals surface area contributed by atoms with Gasteiger partial charge in [-0.15, -0.1) is 0 Å². The van der Waals surface area contributed by atoms with Crippen LogP contribution in [0.1, 0.15) is 0 Å². The number of hydrogen-bond acceptors (Lipinski definition) is 0. The molecule has 0 aliphatic rings. The van der Waals surface area contributed by atoms with E-state index in [2.05, 4.69) is 12.1 Å². The Morgan fingerprint density at radius 2 is 2.00 bits per heavy atom. The van der Waals surface area contributed by atoms with Crippen molar-refractivity contribution >= 4 is 34.0 Å². The fraction of sp³-hybridized carbons (Fsp3) is 0. The van der Waals surface area contributed by atoms with Gasteiger partial charge in [0.15, 0.2) is 0 Å². The van der Waals surface area contributed by atoms with E-state index in [-0.39, 0.29) is 0 Å². The molecule has 12 heavy (non-hydrogen) atoms. The van der Waals surface area contributed by atoms with Gasteiger partial charge in [0.25, 0.3) is 0 Å². The fourth-order valence-corrected chi connectivity index (χ4v) is 1.36. The summed E-state index contributed by atoms with van der Waals surface area (Å²) < 4.78 is 0. The molecular formula is C10H4Cl2. The minimum absolute atomic E-state index is 0.462. The predicted molar refractivity (Wildman–Crippen MR) is 51.6 cm³/mol. The Bertz CT molecular complexity index is 381. The van der Waals surface area contributed by atoms with Crippen LogP contribution < -0.4 is 0 Å². The van der Waals surface area contributed by atoms with Crippen molar-refractivity contribution in [3.05, 3.63) is 46.4 Å². The van der Waals surface area contributed by atoms with Crippen LogP contribution in [-0.2, 0) is 0 Å². The average molecular weight is 195 g/mol. The highest BCUT2D eigenvalue weighted by Gasteiger charge is 1.99. The van der Waals surface area contributed by atoms with Crippen LogP contribution in [0.5, 0.6) is 0 Å².